The highest BCUT2D eigenvalue weighted by Crippen LogP contribution is 2.31. The number of carbonyl (C=O) groups excluding carboxylic acids is 1. The molecule has 5 rings (SSSR count). The van der Waals surface area contributed by atoms with Gasteiger partial charge in [-0.3, -0.25) is 14.8 Å². The molecule has 172 valence electrons. The minimum absolute atomic E-state index is 0.0109. The number of para-hydroxylation sites is 1. The molecule has 1 atom stereocenters. The summed E-state index contributed by atoms with van der Waals surface area (Å²) in [5.74, 6) is 1.62. The van der Waals surface area contributed by atoms with Crippen LogP contribution in [0.15, 0.2) is 67.4 Å². The number of hydrogen-bond acceptors (Lipinski definition) is 6. The Hall–Kier alpha value is -4.07. The molecule has 0 aliphatic carbocycles. The summed E-state index contributed by atoms with van der Waals surface area (Å²) in [6.45, 7) is 1.31. The molecule has 1 saturated heterocycles. The van der Waals surface area contributed by atoms with Crippen LogP contribution in [0.25, 0.3) is 11.5 Å². The number of carbonyl (C=O) groups is 1. The molecule has 8 nitrogen and oxygen atoms in total. The summed E-state index contributed by atoms with van der Waals surface area (Å²) in [5.41, 5.74) is 4.13. The summed E-state index contributed by atoms with van der Waals surface area (Å²) in [4.78, 5) is 36.4. The summed E-state index contributed by atoms with van der Waals surface area (Å²) < 4.78 is 5.46. The zero-order chi connectivity index (χ0) is 23.3. The van der Waals surface area contributed by atoms with Crippen LogP contribution >= 0.6 is 0 Å². The smallest absolute Gasteiger partial charge is 0.253 e. The van der Waals surface area contributed by atoms with Crippen molar-refractivity contribution < 1.29 is 9.53 Å². The van der Waals surface area contributed by atoms with Gasteiger partial charge in [0.05, 0.1) is 12.8 Å². The highest BCUT2D eigenvalue weighted by molar-refractivity contribution is 5.94. The number of H-pyrrole nitrogens is 1. The number of ether oxygens (including phenoxy) is 1. The van der Waals surface area contributed by atoms with Gasteiger partial charge in [0.2, 0.25) is 0 Å². The van der Waals surface area contributed by atoms with Crippen LogP contribution in [0.5, 0.6) is 5.75 Å². The number of amides is 1. The van der Waals surface area contributed by atoms with Crippen LogP contribution < -0.4 is 4.74 Å². The quantitative estimate of drug-likeness (QED) is 0.475. The van der Waals surface area contributed by atoms with E-state index in [0.29, 0.717) is 24.4 Å². The van der Waals surface area contributed by atoms with Crippen molar-refractivity contribution in [1.82, 2.24) is 29.8 Å². The van der Waals surface area contributed by atoms with Crippen molar-refractivity contribution >= 4 is 5.91 Å². The van der Waals surface area contributed by atoms with Crippen molar-refractivity contribution in [2.45, 2.75) is 25.2 Å². The van der Waals surface area contributed by atoms with Crippen molar-refractivity contribution in [2.75, 3.05) is 20.2 Å². The number of aromatic amines is 1. The standard InChI is InChI=1S/C26H26N6O2/c1-34-22-7-3-2-5-18(22)15-21-16-19(8-9-27-21)26(33)32-14-4-6-20(17-32)23-24(29-11-10-28-23)25-30-12-13-31-25/h2-3,5,7-13,16,20H,4,6,14-15,17H2,1H3,(H,30,31)/t20-/m1/s1. The molecule has 8 heteroatoms. The molecule has 3 aromatic heterocycles. The molecule has 0 spiro atoms. The largest absolute Gasteiger partial charge is 0.496 e. The summed E-state index contributed by atoms with van der Waals surface area (Å²) in [6, 6.07) is 11.5. The van der Waals surface area contributed by atoms with Gasteiger partial charge in [0.15, 0.2) is 5.82 Å². The Balaban J connectivity index is 1.35. The number of benzene rings is 1. The minimum atomic E-state index is 0.0109. The van der Waals surface area contributed by atoms with Crippen LogP contribution in [0, 0.1) is 0 Å². The van der Waals surface area contributed by atoms with Gasteiger partial charge in [-0.15, -0.1) is 0 Å². The fourth-order valence-electron chi connectivity index (χ4n) is 4.54. The molecule has 4 heterocycles. The van der Waals surface area contributed by atoms with Crippen LogP contribution in [-0.2, 0) is 6.42 Å². The minimum Gasteiger partial charge on any atom is -0.496 e. The zero-order valence-electron chi connectivity index (χ0n) is 19.0. The number of imidazole rings is 1. The lowest BCUT2D eigenvalue weighted by Crippen LogP contribution is -2.39. The summed E-state index contributed by atoms with van der Waals surface area (Å²) in [6.07, 6.45) is 11.0. The second-order valence-corrected chi connectivity index (χ2v) is 8.34. The van der Waals surface area contributed by atoms with Crippen LogP contribution in [0.3, 0.4) is 0 Å². The maximum atomic E-state index is 13.4. The van der Waals surface area contributed by atoms with Crippen LogP contribution in [0.1, 0.15) is 46.1 Å². The third kappa shape index (κ3) is 4.52. The fraction of sp³-hybridized carbons (Fsp3) is 0.269. The Bertz CT molecular complexity index is 1270. The van der Waals surface area contributed by atoms with Crippen LogP contribution in [-0.4, -0.2) is 55.9 Å². The number of methoxy groups -OCH3 is 1. The lowest BCUT2D eigenvalue weighted by Gasteiger charge is -2.33. The molecule has 1 aromatic carbocycles. The van der Waals surface area contributed by atoms with E-state index in [4.69, 9.17) is 4.74 Å². The van der Waals surface area contributed by atoms with Crippen LogP contribution in [0.2, 0.25) is 0 Å². The van der Waals surface area contributed by atoms with E-state index in [9.17, 15) is 4.79 Å². The van der Waals surface area contributed by atoms with Gasteiger partial charge >= 0.3 is 0 Å². The molecule has 1 aliphatic heterocycles. The number of nitrogens with one attached hydrogen (secondary N) is 1. The van der Waals surface area contributed by atoms with Crippen molar-refractivity contribution in [2.24, 2.45) is 0 Å². The van der Waals surface area contributed by atoms with Crippen molar-refractivity contribution in [3.63, 3.8) is 0 Å². The maximum absolute atomic E-state index is 13.4. The first kappa shape index (κ1) is 21.8. The van der Waals surface area contributed by atoms with E-state index in [2.05, 4.69) is 24.9 Å². The monoisotopic (exact) mass is 454 g/mol. The summed E-state index contributed by atoms with van der Waals surface area (Å²) in [7, 11) is 1.66. The molecule has 1 fully saturated rings. The molecular weight excluding hydrogens is 428 g/mol. The molecule has 0 radical (unpaired) electrons. The third-order valence-corrected chi connectivity index (χ3v) is 6.17. The second kappa shape index (κ2) is 9.82. The molecule has 4 aromatic rings. The van der Waals surface area contributed by atoms with Gasteiger partial charge in [-0.25, -0.2) is 9.97 Å². The first-order valence-electron chi connectivity index (χ1n) is 11.4. The number of piperidine rings is 1. The van der Waals surface area contributed by atoms with Crippen molar-refractivity contribution in [3.05, 3.63) is 89.9 Å². The number of nitrogens with zero attached hydrogens (tertiary/aromatic N) is 5. The number of hydrogen-bond donors (Lipinski definition) is 1. The van der Waals surface area contributed by atoms with Crippen molar-refractivity contribution in [3.8, 4) is 17.3 Å². The second-order valence-electron chi connectivity index (χ2n) is 8.34. The normalized spacial score (nSPS) is 15.8. The topological polar surface area (TPSA) is 96.9 Å². The number of rotatable bonds is 6. The molecular formula is C26H26N6O2. The molecule has 0 bridgehead atoms. The molecule has 0 saturated carbocycles. The van der Waals surface area contributed by atoms with Gasteiger partial charge in [0, 0.05) is 73.2 Å². The average Bonchev–Trinajstić information content (AvgIpc) is 3.44. The van der Waals surface area contributed by atoms with E-state index in [1.807, 2.05) is 35.2 Å². The van der Waals surface area contributed by atoms with Gasteiger partial charge < -0.3 is 14.6 Å². The Morgan fingerprint density at radius 1 is 1.09 bits per heavy atom. The number of pyridine rings is 1. The Kier molecular flexibility index (Phi) is 6.29. The SMILES string of the molecule is COc1ccccc1Cc1cc(C(=O)N2CCC[C@@H](c3nccnc3-c3ncc[nH]3)C2)ccn1. The highest BCUT2D eigenvalue weighted by Gasteiger charge is 2.29. The predicted molar refractivity (Wildman–Crippen MR) is 128 cm³/mol. The molecule has 0 unspecified atom stereocenters. The third-order valence-electron chi connectivity index (χ3n) is 6.17. The Morgan fingerprint density at radius 3 is 2.82 bits per heavy atom. The van der Waals surface area contributed by atoms with E-state index in [1.165, 1.54) is 0 Å². The first-order valence-corrected chi connectivity index (χ1v) is 11.4. The van der Waals surface area contributed by atoms with E-state index >= 15 is 0 Å². The van der Waals surface area contributed by atoms with Gasteiger partial charge in [-0.2, -0.15) is 0 Å². The van der Waals surface area contributed by atoms with Crippen LogP contribution in [0.4, 0.5) is 0 Å². The van der Waals surface area contributed by atoms with E-state index < -0.39 is 0 Å². The Labute approximate surface area is 198 Å². The van der Waals surface area contributed by atoms with Crippen molar-refractivity contribution in [1.29, 1.82) is 0 Å². The molecule has 1 aliphatic rings. The average molecular weight is 455 g/mol. The summed E-state index contributed by atoms with van der Waals surface area (Å²) in [5, 5.41) is 0. The van der Waals surface area contributed by atoms with E-state index in [-0.39, 0.29) is 11.8 Å². The number of likely N-dealkylation sites (tertiary alicyclic amines) is 1. The van der Waals surface area contributed by atoms with Gasteiger partial charge in [0.1, 0.15) is 11.4 Å². The predicted octanol–water partition coefficient (Wildman–Crippen LogP) is 3.88. The first-order chi connectivity index (χ1) is 16.7. The molecule has 1 N–H and O–H groups in total. The number of aromatic nitrogens is 5. The fourth-order valence-corrected chi connectivity index (χ4v) is 4.54. The zero-order valence-corrected chi connectivity index (χ0v) is 19.0. The summed E-state index contributed by atoms with van der Waals surface area (Å²) >= 11 is 0. The molecule has 34 heavy (non-hydrogen) atoms. The van der Waals surface area contributed by atoms with Gasteiger partial charge in [0.25, 0.3) is 5.91 Å². The lowest BCUT2D eigenvalue weighted by atomic mass is 9.92. The Morgan fingerprint density at radius 2 is 1.97 bits per heavy atom. The molecule has 1 amide bonds. The highest BCUT2D eigenvalue weighted by atomic mass is 16.5. The van der Waals surface area contributed by atoms with Gasteiger partial charge in [-0.05, 0) is 31.0 Å². The van der Waals surface area contributed by atoms with E-state index in [0.717, 1.165) is 47.8 Å². The maximum Gasteiger partial charge on any atom is 0.253 e. The van der Waals surface area contributed by atoms with Gasteiger partial charge in [-0.1, -0.05) is 18.2 Å². The lowest BCUT2D eigenvalue weighted by molar-refractivity contribution is 0.0705. The van der Waals surface area contributed by atoms with E-state index in [1.54, 1.807) is 44.2 Å².